The highest BCUT2D eigenvalue weighted by Crippen LogP contribution is 2.34. The van der Waals surface area contributed by atoms with Gasteiger partial charge in [-0.15, -0.1) is 0 Å². The first-order valence-electron chi connectivity index (χ1n) is 7.90. The Hall–Kier alpha value is -2.79. The molecule has 3 aromatic rings. The van der Waals surface area contributed by atoms with Gasteiger partial charge in [0, 0.05) is 16.1 Å². The lowest BCUT2D eigenvalue weighted by atomic mass is 9.99. The summed E-state index contributed by atoms with van der Waals surface area (Å²) in [5.74, 6) is 0.235. The van der Waals surface area contributed by atoms with Crippen LogP contribution in [0, 0.1) is 29.6 Å². The van der Waals surface area contributed by atoms with Crippen molar-refractivity contribution in [3.8, 4) is 34.5 Å². The Labute approximate surface area is 161 Å². The molecule has 2 aromatic carbocycles. The summed E-state index contributed by atoms with van der Waals surface area (Å²) in [5, 5.41) is 19.8. The molecule has 3 nitrogen and oxygen atoms in total. The summed E-state index contributed by atoms with van der Waals surface area (Å²) in [4.78, 5) is 4.65. The molecule has 0 aliphatic rings. The summed E-state index contributed by atoms with van der Waals surface area (Å²) < 4.78 is 0. The molecule has 1 aromatic heterocycles. The number of hydrogen-bond acceptors (Lipinski definition) is 4. The van der Waals surface area contributed by atoms with Crippen LogP contribution in [-0.2, 0) is 0 Å². The molecule has 0 spiro atoms. The Bertz CT molecular complexity index is 1010. The number of hydrogen-bond donors (Lipinski definition) is 0. The van der Waals surface area contributed by atoms with E-state index < -0.39 is 0 Å². The molecule has 0 saturated carbocycles. The zero-order valence-electron chi connectivity index (χ0n) is 14.0. The van der Waals surface area contributed by atoms with E-state index in [0.717, 1.165) is 22.4 Å². The highest BCUT2D eigenvalue weighted by molar-refractivity contribution is 7.99. The van der Waals surface area contributed by atoms with Crippen LogP contribution in [0.1, 0.15) is 11.1 Å². The van der Waals surface area contributed by atoms with Crippen molar-refractivity contribution in [1.82, 2.24) is 4.98 Å². The Morgan fingerprint density at radius 3 is 2.27 bits per heavy atom. The molecule has 0 saturated heterocycles. The summed E-state index contributed by atoms with van der Waals surface area (Å²) in [6.45, 7) is 2.03. The second-order valence-corrected chi connectivity index (χ2v) is 7.07. The minimum absolute atomic E-state index is 0.235. The molecule has 0 aliphatic carbocycles. The number of nitrogens with zero attached hydrogens (tertiary/aromatic N) is 3. The van der Waals surface area contributed by atoms with Crippen molar-refractivity contribution in [2.75, 3.05) is 5.75 Å². The van der Waals surface area contributed by atoms with Crippen LogP contribution in [0.15, 0.2) is 59.6 Å². The molecule has 0 atom stereocenters. The van der Waals surface area contributed by atoms with Crippen LogP contribution >= 0.6 is 23.4 Å². The van der Waals surface area contributed by atoms with Crippen molar-refractivity contribution in [3.63, 3.8) is 0 Å². The first-order valence-corrected chi connectivity index (χ1v) is 9.26. The number of benzene rings is 2. The van der Waals surface area contributed by atoms with Crippen LogP contribution in [0.5, 0.6) is 0 Å². The third-order valence-corrected chi connectivity index (χ3v) is 4.97. The maximum absolute atomic E-state index is 9.70. The third kappa shape index (κ3) is 3.89. The van der Waals surface area contributed by atoms with E-state index in [4.69, 9.17) is 16.9 Å². The molecule has 0 amide bonds. The van der Waals surface area contributed by atoms with Gasteiger partial charge in [0.05, 0.1) is 23.1 Å². The molecule has 0 aliphatic heterocycles. The molecular formula is C21H14ClN3S. The topological polar surface area (TPSA) is 60.5 Å². The predicted molar refractivity (Wildman–Crippen MR) is 106 cm³/mol. The number of thioether (sulfide) groups is 1. The molecule has 0 bridgehead atoms. The van der Waals surface area contributed by atoms with Crippen LogP contribution < -0.4 is 0 Å². The fraction of sp³-hybridized carbons (Fsp3) is 0.0952. The van der Waals surface area contributed by atoms with Gasteiger partial charge < -0.3 is 0 Å². The molecule has 5 heteroatoms. The lowest BCUT2D eigenvalue weighted by Gasteiger charge is -2.12. The first kappa shape index (κ1) is 18.0. The van der Waals surface area contributed by atoms with Crippen LogP contribution in [0.25, 0.3) is 22.4 Å². The normalized spacial score (nSPS) is 10.2. The van der Waals surface area contributed by atoms with Crippen molar-refractivity contribution in [3.05, 3.63) is 70.7 Å². The summed E-state index contributed by atoms with van der Waals surface area (Å²) >= 11 is 7.27. The maximum atomic E-state index is 9.70. The van der Waals surface area contributed by atoms with Gasteiger partial charge >= 0.3 is 0 Å². The minimum atomic E-state index is 0.235. The monoisotopic (exact) mass is 375 g/mol. The second-order valence-electron chi connectivity index (χ2n) is 5.67. The Morgan fingerprint density at radius 1 is 1.00 bits per heavy atom. The smallest absolute Gasteiger partial charge is 0.116 e. The van der Waals surface area contributed by atoms with E-state index in [1.165, 1.54) is 17.3 Å². The Morgan fingerprint density at radius 2 is 1.65 bits per heavy atom. The molecule has 0 N–H and O–H groups in total. The van der Waals surface area contributed by atoms with Gasteiger partial charge in [0.2, 0.25) is 0 Å². The maximum Gasteiger partial charge on any atom is 0.116 e. The molecule has 3 rings (SSSR count). The number of halogens is 1. The first-order chi connectivity index (χ1) is 12.6. The van der Waals surface area contributed by atoms with Crippen LogP contribution in [-0.4, -0.2) is 10.7 Å². The SMILES string of the molecule is Cc1ccc(-c2cc(-c3ccc(Cl)cc3)c(C#N)c(SCC#N)n2)cc1. The average Bonchev–Trinajstić information content (AvgIpc) is 2.66. The largest absolute Gasteiger partial charge is 0.240 e. The lowest BCUT2D eigenvalue weighted by molar-refractivity contribution is 1.12. The van der Waals surface area contributed by atoms with E-state index in [2.05, 4.69) is 17.1 Å². The molecule has 0 fully saturated rings. The van der Waals surface area contributed by atoms with E-state index >= 15 is 0 Å². The van der Waals surface area contributed by atoms with E-state index in [1.54, 1.807) is 12.1 Å². The van der Waals surface area contributed by atoms with Gasteiger partial charge in [-0.3, -0.25) is 0 Å². The van der Waals surface area contributed by atoms with Gasteiger partial charge in [0.15, 0.2) is 0 Å². The van der Waals surface area contributed by atoms with Crippen molar-refractivity contribution < 1.29 is 0 Å². The summed E-state index contributed by atoms with van der Waals surface area (Å²) in [7, 11) is 0. The van der Waals surface area contributed by atoms with Crippen LogP contribution in [0.2, 0.25) is 5.02 Å². The summed E-state index contributed by atoms with van der Waals surface area (Å²) in [6, 6.07) is 21.7. The van der Waals surface area contributed by atoms with Gasteiger partial charge in [0.25, 0.3) is 0 Å². The van der Waals surface area contributed by atoms with Gasteiger partial charge in [0.1, 0.15) is 11.1 Å². The van der Waals surface area contributed by atoms with Crippen molar-refractivity contribution in [2.24, 2.45) is 0 Å². The third-order valence-electron chi connectivity index (χ3n) is 3.87. The molecule has 0 radical (unpaired) electrons. The minimum Gasteiger partial charge on any atom is -0.240 e. The van der Waals surface area contributed by atoms with Gasteiger partial charge in [-0.2, -0.15) is 10.5 Å². The number of rotatable bonds is 4. The zero-order valence-corrected chi connectivity index (χ0v) is 15.6. The second kappa shape index (κ2) is 8.06. The molecule has 126 valence electrons. The Balaban J connectivity index is 2.22. The molecular weight excluding hydrogens is 362 g/mol. The Kier molecular flexibility index (Phi) is 5.58. The van der Waals surface area contributed by atoms with E-state index in [9.17, 15) is 5.26 Å². The van der Waals surface area contributed by atoms with Crippen molar-refractivity contribution in [2.45, 2.75) is 11.9 Å². The highest BCUT2D eigenvalue weighted by Gasteiger charge is 2.15. The number of aryl methyl sites for hydroxylation is 1. The van der Waals surface area contributed by atoms with Crippen molar-refractivity contribution in [1.29, 1.82) is 10.5 Å². The zero-order chi connectivity index (χ0) is 18.5. The fourth-order valence-corrected chi connectivity index (χ4v) is 3.35. The lowest BCUT2D eigenvalue weighted by Crippen LogP contribution is -1.96. The highest BCUT2D eigenvalue weighted by atomic mass is 35.5. The standard InChI is InChI=1S/C21H14ClN3S/c1-14-2-4-16(5-3-14)20-12-18(15-6-8-17(22)9-7-15)19(13-24)21(25-20)26-11-10-23/h2-9,12H,11H2,1H3. The fourth-order valence-electron chi connectivity index (χ4n) is 2.56. The van der Waals surface area contributed by atoms with Crippen molar-refractivity contribution >= 4 is 23.4 Å². The average molecular weight is 376 g/mol. The predicted octanol–water partition coefficient (Wildman–Crippen LogP) is 5.86. The van der Waals surface area contributed by atoms with Gasteiger partial charge in [-0.25, -0.2) is 4.98 Å². The quantitative estimate of drug-likeness (QED) is 0.535. The van der Waals surface area contributed by atoms with E-state index in [-0.39, 0.29) is 5.75 Å². The number of aromatic nitrogens is 1. The van der Waals surface area contributed by atoms with Gasteiger partial charge in [-0.05, 0) is 30.7 Å². The number of nitriles is 2. The summed E-state index contributed by atoms with van der Waals surface area (Å²) in [5.41, 5.74) is 5.06. The molecule has 26 heavy (non-hydrogen) atoms. The molecule has 1 heterocycles. The van der Waals surface area contributed by atoms with Gasteiger partial charge in [-0.1, -0.05) is 65.3 Å². The van der Waals surface area contributed by atoms with E-state index in [1.807, 2.05) is 49.4 Å². The van der Waals surface area contributed by atoms with Crippen LogP contribution in [0.3, 0.4) is 0 Å². The summed E-state index contributed by atoms with van der Waals surface area (Å²) in [6.07, 6.45) is 0. The van der Waals surface area contributed by atoms with Crippen LogP contribution in [0.4, 0.5) is 0 Å². The number of pyridine rings is 1. The van der Waals surface area contributed by atoms with E-state index in [0.29, 0.717) is 15.6 Å². The molecule has 0 unspecified atom stereocenters.